The van der Waals surface area contributed by atoms with E-state index in [1.54, 1.807) is 43.5 Å². The Balaban J connectivity index is 1.35. The standard InChI is InChI=1S/C28H25ClN4O4S/c1-36-21-7-3-5-18(13-21)24-15-23(17-9-11-19(29)12-10-17)32-33(24)28-31-27(35)25(38-28)16-26(34)30-20-6-4-8-22(14-20)37-2/h3-14,24-25H,15-16H2,1-2H3,(H,30,34). The number of carbonyl (C=O) groups is 2. The quantitative estimate of drug-likeness (QED) is 0.417. The summed E-state index contributed by atoms with van der Waals surface area (Å²) >= 11 is 7.34. The number of hydrogen-bond acceptors (Lipinski definition) is 7. The number of carbonyl (C=O) groups excluding carboxylic acids is 2. The first-order valence-corrected chi connectivity index (χ1v) is 13.2. The Labute approximate surface area is 229 Å². The summed E-state index contributed by atoms with van der Waals surface area (Å²) < 4.78 is 10.6. The molecule has 38 heavy (non-hydrogen) atoms. The summed E-state index contributed by atoms with van der Waals surface area (Å²) in [7, 11) is 3.18. The van der Waals surface area contributed by atoms with Crippen molar-refractivity contribution in [3.05, 3.63) is 88.9 Å². The van der Waals surface area contributed by atoms with Gasteiger partial charge in [-0.05, 0) is 47.5 Å². The van der Waals surface area contributed by atoms with Crippen molar-refractivity contribution in [2.75, 3.05) is 19.5 Å². The number of ether oxygens (including phenoxy) is 2. The molecule has 10 heteroatoms. The second kappa shape index (κ2) is 11.3. The topological polar surface area (TPSA) is 92.6 Å². The molecule has 5 rings (SSSR count). The summed E-state index contributed by atoms with van der Waals surface area (Å²) in [6.45, 7) is 0. The Morgan fingerprint density at radius 1 is 1.05 bits per heavy atom. The molecule has 2 heterocycles. The van der Waals surface area contributed by atoms with Gasteiger partial charge in [0.15, 0.2) is 5.17 Å². The number of hydrogen-bond donors (Lipinski definition) is 1. The first-order chi connectivity index (χ1) is 18.4. The predicted octanol–water partition coefficient (Wildman–Crippen LogP) is 5.54. The van der Waals surface area contributed by atoms with Gasteiger partial charge in [-0.2, -0.15) is 10.1 Å². The van der Waals surface area contributed by atoms with Crippen molar-refractivity contribution in [3.8, 4) is 11.5 Å². The maximum Gasteiger partial charge on any atom is 0.262 e. The van der Waals surface area contributed by atoms with Crippen LogP contribution in [0.25, 0.3) is 0 Å². The van der Waals surface area contributed by atoms with E-state index in [1.807, 2.05) is 48.5 Å². The minimum Gasteiger partial charge on any atom is -0.497 e. The highest BCUT2D eigenvalue weighted by Crippen LogP contribution is 2.39. The summed E-state index contributed by atoms with van der Waals surface area (Å²) in [6.07, 6.45) is 0.586. The van der Waals surface area contributed by atoms with Crippen LogP contribution in [0.1, 0.15) is 30.0 Å². The van der Waals surface area contributed by atoms with E-state index in [-0.39, 0.29) is 24.3 Å². The molecule has 0 fully saturated rings. The van der Waals surface area contributed by atoms with Crippen LogP contribution in [0.15, 0.2) is 82.9 Å². The summed E-state index contributed by atoms with van der Waals surface area (Å²) in [6, 6.07) is 22.1. The van der Waals surface area contributed by atoms with Crippen molar-refractivity contribution in [2.24, 2.45) is 10.1 Å². The van der Waals surface area contributed by atoms with Crippen molar-refractivity contribution in [2.45, 2.75) is 24.1 Å². The van der Waals surface area contributed by atoms with Gasteiger partial charge in [-0.1, -0.05) is 53.7 Å². The fourth-order valence-corrected chi connectivity index (χ4v) is 5.49. The van der Waals surface area contributed by atoms with E-state index < -0.39 is 5.25 Å². The number of aliphatic imine (C=N–C) groups is 1. The van der Waals surface area contributed by atoms with E-state index in [1.165, 1.54) is 11.8 Å². The van der Waals surface area contributed by atoms with Gasteiger partial charge in [-0.25, -0.2) is 5.01 Å². The predicted molar refractivity (Wildman–Crippen MR) is 150 cm³/mol. The number of nitrogens with zero attached hydrogens (tertiary/aromatic N) is 3. The molecule has 0 aromatic heterocycles. The van der Waals surface area contributed by atoms with Crippen LogP contribution in [0, 0.1) is 0 Å². The van der Waals surface area contributed by atoms with Crippen molar-refractivity contribution >= 4 is 51.7 Å². The zero-order chi connectivity index (χ0) is 26.6. The largest absolute Gasteiger partial charge is 0.497 e. The number of anilines is 1. The lowest BCUT2D eigenvalue weighted by atomic mass is 9.98. The van der Waals surface area contributed by atoms with Crippen LogP contribution in [0.2, 0.25) is 5.02 Å². The Morgan fingerprint density at radius 3 is 2.50 bits per heavy atom. The molecule has 0 bridgehead atoms. The SMILES string of the molecule is COc1cccc(NC(=O)CC2SC(N3N=C(c4ccc(Cl)cc4)CC3c3cccc(OC)c3)=NC2=O)c1. The molecular formula is C28H25ClN4O4S. The third-order valence-electron chi connectivity index (χ3n) is 6.22. The van der Waals surface area contributed by atoms with Crippen LogP contribution < -0.4 is 14.8 Å². The van der Waals surface area contributed by atoms with Gasteiger partial charge < -0.3 is 14.8 Å². The van der Waals surface area contributed by atoms with Crippen LogP contribution in [-0.4, -0.2) is 47.2 Å². The van der Waals surface area contributed by atoms with Crippen LogP contribution >= 0.6 is 23.4 Å². The third-order valence-corrected chi connectivity index (χ3v) is 7.61. The van der Waals surface area contributed by atoms with Gasteiger partial charge in [0, 0.05) is 29.6 Å². The van der Waals surface area contributed by atoms with Gasteiger partial charge in [0.2, 0.25) is 5.91 Å². The molecule has 0 radical (unpaired) electrons. The van der Waals surface area contributed by atoms with Gasteiger partial charge in [0.1, 0.15) is 16.7 Å². The molecular weight excluding hydrogens is 524 g/mol. The summed E-state index contributed by atoms with van der Waals surface area (Å²) in [5, 5.41) is 9.94. The van der Waals surface area contributed by atoms with E-state index in [2.05, 4.69) is 10.3 Å². The average Bonchev–Trinajstić information content (AvgIpc) is 3.53. The van der Waals surface area contributed by atoms with E-state index in [4.69, 9.17) is 26.2 Å². The zero-order valence-corrected chi connectivity index (χ0v) is 22.3. The lowest BCUT2D eigenvalue weighted by molar-refractivity contribution is -0.121. The number of amides is 2. The second-order valence-corrected chi connectivity index (χ2v) is 10.3. The molecule has 2 atom stereocenters. The van der Waals surface area contributed by atoms with Gasteiger partial charge in [0.25, 0.3) is 5.91 Å². The van der Waals surface area contributed by atoms with Gasteiger partial charge in [-0.3, -0.25) is 9.59 Å². The molecule has 2 aliphatic rings. The summed E-state index contributed by atoms with van der Waals surface area (Å²) in [4.78, 5) is 29.9. The maximum absolute atomic E-state index is 12.8. The molecule has 8 nitrogen and oxygen atoms in total. The van der Waals surface area contributed by atoms with Crippen LogP contribution in [0.5, 0.6) is 11.5 Å². The first-order valence-electron chi connectivity index (χ1n) is 11.9. The molecule has 3 aromatic carbocycles. The van der Waals surface area contributed by atoms with Crippen molar-refractivity contribution in [1.29, 1.82) is 0 Å². The average molecular weight is 549 g/mol. The van der Waals surface area contributed by atoms with Crippen LogP contribution in [0.3, 0.4) is 0 Å². The molecule has 3 aromatic rings. The van der Waals surface area contributed by atoms with Crippen LogP contribution in [-0.2, 0) is 9.59 Å². The Kier molecular flexibility index (Phi) is 7.67. The van der Waals surface area contributed by atoms with Crippen molar-refractivity contribution in [1.82, 2.24) is 5.01 Å². The molecule has 0 saturated carbocycles. The maximum atomic E-state index is 12.8. The van der Waals surface area contributed by atoms with Gasteiger partial charge >= 0.3 is 0 Å². The number of methoxy groups -OCH3 is 2. The number of thioether (sulfide) groups is 1. The summed E-state index contributed by atoms with van der Waals surface area (Å²) in [5.74, 6) is 0.722. The normalized spacial score (nSPS) is 18.7. The highest BCUT2D eigenvalue weighted by Gasteiger charge is 2.39. The Bertz CT molecular complexity index is 1430. The van der Waals surface area contributed by atoms with E-state index >= 15 is 0 Å². The smallest absolute Gasteiger partial charge is 0.262 e. The zero-order valence-electron chi connectivity index (χ0n) is 20.8. The summed E-state index contributed by atoms with van der Waals surface area (Å²) in [5.41, 5.74) is 3.37. The molecule has 2 aliphatic heterocycles. The van der Waals surface area contributed by atoms with Crippen LogP contribution in [0.4, 0.5) is 5.69 Å². The molecule has 194 valence electrons. The molecule has 1 N–H and O–H groups in total. The second-order valence-electron chi connectivity index (χ2n) is 8.72. The number of hydrazone groups is 1. The first kappa shape index (κ1) is 25.8. The minimum atomic E-state index is -0.642. The highest BCUT2D eigenvalue weighted by molar-refractivity contribution is 8.15. The number of halogens is 1. The van der Waals surface area contributed by atoms with Crippen molar-refractivity contribution in [3.63, 3.8) is 0 Å². The molecule has 2 amide bonds. The fourth-order valence-electron chi connectivity index (χ4n) is 4.30. The van der Waals surface area contributed by atoms with Crippen molar-refractivity contribution < 1.29 is 19.1 Å². The minimum absolute atomic E-state index is 0.0147. The Hall–Kier alpha value is -3.82. The number of rotatable bonds is 7. The highest BCUT2D eigenvalue weighted by atomic mass is 35.5. The molecule has 0 saturated heterocycles. The molecule has 0 aliphatic carbocycles. The molecule has 2 unspecified atom stereocenters. The molecule has 0 spiro atoms. The number of benzene rings is 3. The van der Waals surface area contributed by atoms with E-state index in [0.717, 1.165) is 22.6 Å². The van der Waals surface area contributed by atoms with Gasteiger partial charge in [0.05, 0.1) is 26.0 Å². The van der Waals surface area contributed by atoms with Gasteiger partial charge in [-0.15, -0.1) is 0 Å². The lowest BCUT2D eigenvalue weighted by Crippen LogP contribution is -2.25. The lowest BCUT2D eigenvalue weighted by Gasteiger charge is -2.23. The fraction of sp³-hybridized carbons (Fsp3) is 0.214. The number of nitrogens with one attached hydrogen (secondary N) is 1. The Morgan fingerprint density at radius 2 is 1.76 bits per heavy atom. The number of amidine groups is 1. The monoisotopic (exact) mass is 548 g/mol. The van der Waals surface area contributed by atoms with E-state index in [0.29, 0.717) is 28.0 Å². The van der Waals surface area contributed by atoms with E-state index in [9.17, 15) is 9.59 Å². The third kappa shape index (κ3) is 5.69.